The summed E-state index contributed by atoms with van der Waals surface area (Å²) in [5.74, 6) is 2.68. The average molecular weight is 371 g/mol. The quantitative estimate of drug-likeness (QED) is 0.872. The van der Waals surface area contributed by atoms with E-state index in [-0.39, 0.29) is 11.8 Å². The highest BCUT2D eigenvalue weighted by Crippen LogP contribution is 2.30. The van der Waals surface area contributed by atoms with Crippen molar-refractivity contribution in [3.63, 3.8) is 0 Å². The van der Waals surface area contributed by atoms with Crippen molar-refractivity contribution in [2.24, 2.45) is 5.92 Å². The molecule has 0 aliphatic carbocycles. The topological polar surface area (TPSA) is 78.4 Å². The number of nitrogens with zero attached hydrogens (tertiary/aromatic N) is 4. The Morgan fingerprint density at radius 2 is 1.89 bits per heavy atom. The van der Waals surface area contributed by atoms with Gasteiger partial charge in [-0.05, 0) is 31.6 Å². The minimum absolute atomic E-state index is 0.0794. The minimum Gasteiger partial charge on any atom is -0.356 e. The lowest BCUT2D eigenvalue weighted by Gasteiger charge is -2.36. The van der Waals surface area contributed by atoms with Gasteiger partial charge in [0.2, 0.25) is 5.91 Å². The van der Waals surface area contributed by atoms with Crippen molar-refractivity contribution in [3.8, 4) is 0 Å². The number of likely N-dealkylation sites (tertiary alicyclic amines) is 1. The van der Waals surface area contributed by atoms with E-state index in [1.807, 2.05) is 4.90 Å². The van der Waals surface area contributed by atoms with Gasteiger partial charge in [-0.2, -0.15) is 0 Å². The minimum atomic E-state index is -0.0794. The zero-order valence-electron chi connectivity index (χ0n) is 16.3. The fourth-order valence-corrected chi connectivity index (χ4v) is 4.35. The monoisotopic (exact) mass is 371 g/mol. The number of amides is 2. The molecular formula is C20H29N5O2. The van der Waals surface area contributed by atoms with Gasteiger partial charge in [-0.3, -0.25) is 9.59 Å². The molecule has 1 aromatic rings. The van der Waals surface area contributed by atoms with Crippen LogP contribution >= 0.6 is 0 Å². The van der Waals surface area contributed by atoms with Gasteiger partial charge in [0.05, 0.1) is 0 Å². The Hall–Kier alpha value is -2.18. The molecule has 0 aromatic carbocycles. The van der Waals surface area contributed by atoms with E-state index >= 15 is 0 Å². The Balaban J connectivity index is 1.50. The summed E-state index contributed by atoms with van der Waals surface area (Å²) >= 11 is 0. The Labute approximate surface area is 160 Å². The molecule has 0 radical (unpaired) electrons. The summed E-state index contributed by atoms with van der Waals surface area (Å²) in [5, 5.41) is 2.90. The molecule has 146 valence electrons. The van der Waals surface area contributed by atoms with Crippen molar-refractivity contribution >= 4 is 17.6 Å². The van der Waals surface area contributed by atoms with E-state index in [9.17, 15) is 9.59 Å². The third-order valence-electron chi connectivity index (χ3n) is 5.96. The third kappa shape index (κ3) is 3.64. The van der Waals surface area contributed by atoms with Crippen LogP contribution in [0.1, 0.15) is 67.3 Å². The molecule has 0 saturated carbocycles. The molecule has 0 atom stereocenters. The molecule has 4 heterocycles. The van der Waals surface area contributed by atoms with Crippen molar-refractivity contribution in [1.82, 2.24) is 20.2 Å². The van der Waals surface area contributed by atoms with E-state index in [1.165, 1.54) is 0 Å². The standard InChI is InChI=1S/C20H29N5O2/c1-13(2)18-22-17-15(5-8-21-20(17)27)19(23-18)24-10-6-14(7-11-24)12-25-9-3-4-16(25)26/h13-14H,3-12H2,1-2H3,(H,21,27). The second kappa shape index (κ2) is 7.44. The van der Waals surface area contributed by atoms with Crippen LogP contribution < -0.4 is 10.2 Å². The fourth-order valence-electron chi connectivity index (χ4n) is 4.35. The number of carbonyl (C=O) groups excluding carboxylic acids is 2. The first-order valence-electron chi connectivity index (χ1n) is 10.2. The van der Waals surface area contributed by atoms with Crippen LogP contribution in [0.3, 0.4) is 0 Å². The van der Waals surface area contributed by atoms with E-state index < -0.39 is 0 Å². The van der Waals surface area contributed by atoms with Gasteiger partial charge in [-0.15, -0.1) is 0 Å². The lowest BCUT2D eigenvalue weighted by Crippen LogP contribution is -2.41. The molecule has 2 fully saturated rings. The van der Waals surface area contributed by atoms with Crippen molar-refractivity contribution < 1.29 is 9.59 Å². The molecule has 0 unspecified atom stereocenters. The first kappa shape index (κ1) is 18.2. The second-order valence-electron chi connectivity index (χ2n) is 8.27. The van der Waals surface area contributed by atoms with Gasteiger partial charge in [0, 0.05) is 50.6 Å². The van der Waals surface area contributed by atoms with Gasteiger partial charge in [0.15, 0.2) is 0 Å². The van der Waals surface area contributed by atoms with Crippen molar-refractivity contribution in [2.45, 2.75) is 51.9 Å². The van der Waals surface area contributed by atoms with Gasteiger partial charge in [0.25, 0.3) is 5.91 Å². The maximum atomic E-state index is 12.3. The van der Waals surface area contributed by atoms with Gasteiger partial charge >= 0.3 is 0 Å². The number of nitrogens with one attached hydrogen (secondary N) is 1. The number of hydrogen-bond donors (Lipinski definition) is 1. The molecule has 27 heavy (non-hydrogen) atoms. The molecule has 1 aromatic heterocycles. The van der Waals surface area contributed by atoms with E-state index in [4.69, 9.17) is 4.98 Å². The summed E-state index contributed by atoms with van der Waals surface area (Å²) in [6.07, 6.45) is 4.63. The van der Waals surface area contributed by atoms with Crippen LogP contribution in [0.2, 0.25) is 0 Å². The number of rotatable bonds is 4. The van der Waals surface area contributed by atoms with E-state index in [0.717, 1.165) is 69.1 Å². The summed E-state index contributed by atoms with van der Waals surface area (Å²) in [5.41, 5.74) is 1.55. The summed E-state index contributed by atoms with van der Waals surface area (Å²) in [7, 11) is 0. The first-order valence-corrected chi connectivity index (χ1v) is 10.2. The molecule has 2 amide bonds. The van der Waals surface area contributed by atoms with Gasteiger partial charge in [-0.25, -0.2) is 9.97 Å². The Morgan fingerprint density at radius 3 is 2.56 bits per heavy atom. The van der Waals surface area contributed by atoms with Crippen molar-refractivity contribution in [1.29, 1.82) is 0 Å². The van der Waals surface area contributed by atoms with Crippen LogP contribution in [0.4, 0.5) is 5.82 Å². The van der Waals surface area contributed by atoms with Gasteiger partial charge in [0.1, 0.15) is 17.3 Å². The zero-order chi connectivity index (χ0) is 19.0. The molecule has 2 saturated heterocycles. The van der Waals surface area contributed by atoms with Crippen LogP contribution in [0, 0.1) is 5.92 Å². The maximum Gasteiger partial charge on any atom is 0.270 e. The SMILES string of the molecule is CC(C)c1nc2c(c(N3CCC(CN4CCCC4=O)CC3)n1)CCNC2=O. The van der Waals surface area contributed by atoms with Gasteiger partial charge in [-0.1, -0.05) is 13.8 Å². The van der Waals surface area contributed by atoms with Crippen LogP contribution in [-0.4, -0.2) is 59.4 Å². The molecule has 4 rings (SSSR count). The normalized spacial score (nSPS) is 21.0. The lowest BCUT2D eigenvalue weighted by atomic mass is 9.95. The summed E-state index contributed by atoms with van der Waals surface area (Å²) in [6.45, 7) is 8.44. The largest absolute Gasteiger partial charge is 0.356 e. The summed E-state index contributed by atoms with van der Waals surface area (Å²) in [6, 6.07) is 0. The van der Waals surface area contributed by atoms with E-state index in [2.05, 4.69) is 29.0 Å². The zero-order valence-corrected chi connectivity index (χ0v) is 16.3. The van der Waals surface area contributed by atoms with Crippen LogP contribution in [0.15, 0.2) is 0 Å². The van der Waals surface area contributed by atoms with E-state index in [0.29, 0.717) is 30.5 Å². The highest BCUT2D eigenvalue weighted by atomic mass is 16.2. The highest BCUT2D eigenvalue weighted by molar-refractivity contribution is 5.96. The summed E-state index contributed by atoms with van der Waals surface area (Å²) < 4.78 is 0. The number of hydrogen-bond acceptors (Lipinski definition) is 5. The predicted octanol–water partition coefficient (Wildman–Crippen LogP) is 1.72. The average Bonchev–Trinajstić information content (AvgIpc) is 3.06. The lowest BCUT2D eigenvalue weighted by molar-refractivity contribution is -0.128. The smallest absolute Gasteiger partial charge is 0.270 e. The molecule has 7 heteroatoms. The predicted molar refractivity (Wildman–Crippen MR) is 103 cm³/mol. The number of fused-ring (bicyclic) bond motifs is 1. The fraction of sp³-hybridized carbons (Fsp3) is 0.700. The first-order chi connectivity index (χ1) is 13.0. The number of anilines is 1. The Kier molecular flexibility index (Phi) is 5.02. The van der Waals surface area contributed by atoms with Gasteiger partial charge < -0.3 is 15.1 Å². The summed E-state index contributed by atoms with van der Waals surface area (Å²) in [4.78, 5) is 38.0. The molecule has 3 aliphatic rings. The second-order valence-corrected chi connectivity index (χ2v) is 8.27. The molecule has 3 aliphatic heterocycles. The number of aromatic nitrogens is 2. The Bertz CT molecular complexity index is 740. The van der Waals surface area contributed by atoms with Crippen LogP contribution in [0.25, 0.3) is 0 Å². The maximum absolute atomic E-state index is 12.3. The molecule has 0 spiro atoms. The molecular weight excluding hydrogens is 342 g/mol. The third-order valence-corrected chi connectivity index (χ3v) is 5.96. The van der Waals surface area contributed by atoms with E-state index in [1.54, 1.807) is 0 Å². The van der Waals surface area contributed by atoms with Crippen LogP contribution in [0.5, 0.6) is 0 Å². The molecule has 7 nitrogen and oxygen atoms in total. The van der Waals surface area contributed by atoms with Crippen LogP contribution in [-0.2, 0) is 11.2 Å². The Morgan fingerprint density at radius 1 is 1.11 bits per heavy atom. The molecule has 1 N–H and O–H groups in total. The van der Waals surface area contributed by atoms with Crippen molar-refractivity contribution in [2.75, 3.05) is 37.6 Å². The number of piperidine rings is 1. The highest BCUT2D eigenvalue weighted by Gasteiger charge is 2.30. The molecule has 0 bridgehead atoms. The number of carbonyl (C=O) groups is 2. The van der Waals surface area contributed by atoms with Crippen molar-refractivity contribution in [3.05, 3.63) is 17.1 Å².